The van der Waals surface area contributed by atoms with Crippen LogP contribution in [0.1, 0.15) is 38.2 Å². The van der Waals surface area contributed by atoms with E-state index in [1.807, 2.05) is 12.1 Å². The van der Waals surface area contributed by atoms with Gasteiger partial charge in [-0.05, 0) is 42.4 Å². The molecule has 0 bridgehead atoms. The predicted octanol–water partition coefficient (Wildman–Crippen LogP) is 2.76. The molecule has 102 valence electrons. The first-order chi connectivity index (χ1) is 9.06. The average molecular weight is 259 g/mol. The maximum Gasteiger partial charge on any atom is 0.224 e. The van der Waals surface area contributed by atoms with E-state index >= 15 is 0 Å². The van der Waals surface area contributed by atoms with Crippen LogP contribution in [-0.4, -0.2) is 12.5 Å². The van der Waals surface area contributed by atoms with Crippen LogP contribution in [-0.2, 0) is 11.2 Å². The summed E-state index contributed by atoms with van der Waals surface area (Å²) in [6, 6.07) is 3.96. The number of aryl methyl sites for hydroxylation is 1. The number of nitrogen functional groups attached to an aromatic ring is 1. The van der Waals surface area contributed by atoms with Gasteiger partial charge in [0.05, 0.1) is 11.4 Å². The Labute approximate surface area is 113 Å². The van der Waals surface area contributed by atoms with Crippen LogP contribution in [0, 0.1) is 5.41 Å². The summed E-state index contributed by atoms with van der Waals surface area (Å²) in [5, 5.41) is 6.36. The second-order valence-electron chi connectivity index (χ2n) is 6.16. The van der Waals surface area contributed by atoms with Crippen LogP contribution in [0.3, 0.4) is 0 Å². The molecule has 0 radical (unpaired) electrons. The number of nitrogens with two attached hydrogens (primary N) is 1. The van der Waals surface area contributed by atoms with Gasteiger partial charge in [-0.15, -0.1) is 0 Å². The van der Waals surface area contributed by atoms with Gasteiger partial charge in [-0.2, -0.15) is 0 Å². The maximum absolute atomic E-state index is 11.4. The fourth-order valence-electron chi connectivity index (χ4n) is 2.87. The van der Waals surface area contributed by atoms with Gasteiger partial charge in [0.1, 0.15) is 0 Å². The van der Waals surface area contributed by atoms with Crippen molar-refractivity contribution in [1.29, 1.82) is 0 Å². The van der Waals surface area contributed by atoms with E-state index in [1.54, 1.807) is 0 Å². The Morgan fingerprint density at radius 1 is 1.37 bits per heavy atom. The van der Waals surface area contributed by atoms with E-state index in [1.165, 1.54) is 19.3 Å². The second-order valence-corrected chi connectivity index (χ2v) is 6.16. The molecular weight excluding hydrogens is 238 g/mol. The third-order valence-electron chi connectivity index (χ3n) is 4.44. The number of anilines is 3. The molecule has 0 atom stereocenters. The first kappa shape index (κ1) is 12.3. The first-order valence-electron chi connectivity index (χ1n) is 7.02. The molecule has 4 N–H and O–H groups in total. The van der Waals surface area contributed by atoms with Crippen molar-refractivity contribution in [3.63, 3.8) is 0 Å². The van der Waals surface area contributed by atoms with Crippen LogP contribution in [0.5, 0.6) is 0 Å². The van der Waals surface area contributed by atoms with E-state index in [0.29, 0.717) is 11.8 Å². The lowest BCUT2D eigenvalue weighted by atomic mass is 9.70. The van der Waals surface area contributed by atoms with E-state index in [9.17, 15) is 4.79 Å². The third kappa shape index (κ3) is 2.39. The fraction of sp³-hybridized carbons (Fsp3) is 0.533. The third-order valence-corrected chi connectivity index (χ3v) is 4.44. The molecule has 0 unspecified atom stereocenters. The number of nitrogens with one attached hydrogen (secondary N) is 2. The van der Waals surface area contributed by atoms with E-state index in [0.717, 1.165) is 35.6 Å². The number of hydrogen-bond acceptors (Lipinski definition) is 3. The SMILES string of the molecule is CC1(CNc2cc3c(cc2N)CCC(=O)N3)CCC1. The fourth-order valence-corrected chi connectivity index (χ4v) is 2.87. The van der Waals surface area contributed by atoms with E-state index in [-0.39, 0.29) is 5.91 Å². The van der Waals surface area contributed by atoms with Gasteiger partial charge in [0.25, 0.3) is 0 Å². The van der Waals surface area contributed by atoms with Crippen molar-refractivity contribution in [2.24, 2.45) is 5.41 Å². The molecule has 1 aliphatic heterocycles. The number of amides is 1. The predicted molar refractivity (Wildman–Crippen MR) is 78.3 cm³/mol. The van der Waals surface area contributed by atoms with E-state index < -0.39 is 0 Å². The Kier molecular flexibility index (Phi) is 2.88. The zero-order valence-corrected chi connectivity index (χ0v) is 11.4. The topological polar surface area (TPSA) is 67.1 Å². The van der Waals surface area contributed by atoms with Crippen molar-refractivity contribution in [2.45, 2.75) is 39.0 Å². The summed E-state index contributed by atoms with van der Waals surface area (Å²) in [7, 11) is 0. The molecule has 4 nitrogen and oxygen atoms in total. The zero-order valence-electron chi connectivity index (χ0n) is 11.4. The van der Waals surface area contributed by atoms with Gasteiger partial charge < -0.3 is 16.4 Å². The molecule has 1 saturated carbocycles. The minimum Gasteiger partial charge on any atom is -0.397 e. The number of rotatable bonds is 3. The molecule has 4 heteroatoms. The second kappa shape index (κ2) is 4.44. The quantitative estimate of drug-likeness (QED) is 0.731. The molecule has 19 heavy (non-hydrogen) atoms. The summed E-state index contributed by atoms with van der Waals surface area (Å²) in [5.41, 5.74) is 10.3. The molecule has 0 aromatic heterocycles. The van der Waals surface area contributed by atoms with Crippen LogP contribution >= 0.6 is 0 Å². The normalized spacial score (nSPS) is 20.2. The number of hydrogen-bond donors (Lipinski definition) is 3. The largest absolute Gasteiger partial charge is 0.397 e. The Morgan fingerprint density at radius 3 is 2.84 bits per heavy atom. The molecule has 3 rings (SSSR count). The highest BCUT2D eigenvalue weighted by molar-refractivity contribution is 5.95. The first-order valence-corrected chi connectivity index (χ1v) is 7.02. The lowest BCUT2D eigenvalue weighted by molar-refractivity contribution is -0.116. The highest BCUT2D eigenvalue weighted by Crippen LogP contribution is 2.41. The highest BCUT2D eigenvalue weighted by Gasteiger charge is 2.31. The number of benzene rings is 1. The van der Waals surface area contributed by atoms with Crippen LogP contribution < -0.4 is 16.4 Å². The van der Waals surface area contributed by atoms with E-state index in [2.05, 4.69) is 17.6 Å². The molecule has 1 aliphatic carbocycles. The summed E-state index contributed by atoms with van der Waals surface area (Å²) >= 11 is 0. The molecule has 1 aromatic carbocycles. The van der Waals surface area contributed by atoms with Crippen molar-refractivity contribution < 1.29 is 4.79 Å². The summed E-state index contributed by atoms with van der Waals surface area (Å²) in [6.45, 7) is 3.25. The van der Waals surface area contributed by atoms with Gasteiger partial charge in [0.2, 0.25) is 5.91 Å². The van der Waals surface area contributed by atoms with Gasteiger partial charge in [-0.3, -0.25) is 4.79 Å². The Balaban J connectivity index is 1.77. The zero-order chi connectivity index (χ0) is 13.5. The molecule has 1 fully saturated rings. The van der Waals surface area contributed by atoms with Crippen LogP contribution in [0.2, 0.25) is 0 Å². The number of fused-ring (bicyclic) bond motifs is 1. The van der Waals surface area contributed by atoms with Crippen molar-refractivity contribution in [3.8, 4) is 0 Å². The van der Waals surface area contributed by atoms with Gasteiger partial charge in [-0.25, -0.2) is 0 Å². The monoisotopic (exact) mass is 259 g/mol. The molecule has 1 amide bonds. The van der Waals surface area contributed by atoms with Gasteiger partial charge in [0.15, 0.2) is 0 Å². The molecule has 2 aliphatic rings. The minimum absolute atomic E-state index is 0.0918. The Morgan fingerprint density at radius 2 is 2.16 bits per heavy atom. The van der Waals surface area contributed by atoms with Crippen molar-refractivity contribution in [3.05, 3.63) is 17.7 Å². The van der Waals surface area contributed by atoms with E-state index in [4.69, 9.17) is 5.73 Å². The van der Waals surface area contributed by atoms with Crippen LogP contribution in [0.25, 0.3) is 0 Å². The number of carbonyl (C=O) groups is 1. The Bertz CT molecular complexity index is 520. The molecule has 0 saturated heterocycles. The highest BCUT2D eigenvalue weighted by atomic mass is 16.1. The van der Waals surface area contributed by atoms with Gasteiger partial charge in [-0.1, -0.05) is 13.3 Å². The summed E-state index contributed by atoms with van der Waals surface area (Å²) < 4.78 is 0. The molecule has 1 heterocycles. The minimum atomic E-state index is 0.0918. The Hall–Kier alpha value is -1.71. The molecule has 1 aromatic rings. The molecule has 0 spiro atoms. The number of carbonyl (C=O) groups excluding carboxylic acids is 1. The van der Waals surface area contributed by atoms with Crippen molar-refractivity contribution in [2.75, 3.05) is 22.9 Å². The van der Waals surface area contributed by atoms with Gasteiger partial charge >= 0.3 is 0 Å². The van der Waals surface area contributed by atoms with Gasteiger partial charge in [0, 0.05) is 18.7 Å². The lowest BCUT2D eigenvalue weighted by Crippen LogP contribution is -2.33. The smallest absolute Gasteiger partial charge is 0.224 e. The van der Waals surface area contributed by atoms with Crippen LogP contribution in [0.15, 0.2) is 12.1 Å². The van der Waals surface area contributed by atoms with Crippen LogP contribution in [0.4, 0.5) is 17.1 Å². The summed E-state index contributed by atoms with van der Waals surface area (Å²) in [6.07, 6.45) is 5.22. The maximum atomic E-state index is 11.4. The van der Waals surface area contributed by atoms with Crippen molar-refractivity contribution >= 4 is 23.0 Å². The lowest BCUT2D eigenvalue weighted by Gasteiger charge is -2.39. The average Bonchev–Trinajstić information content (AvgIpc) is 2.34. The molecular formula is C15H21N3O. The standard InChI is InChI=1S/C15H21N3O/c1-15(5-2-6-15)9-17-13-8-12-10(7-11(13)16)3-4-14(19)18-12/h7-8,17H,2-6,9,16H2,1H3,(H,18,19). The van der Waals surface area contributed by atoms with Crippen molar-refractivity contribution in [1.82, 2.24) is 0 Å². The summed E-state index contributed by atoms with van der Waals surface area (Å²) in [4.78, 5) is 11.4. The summed E-state index contributed by atoms with van der Waals surface area (Å²) in [5.74, 6) is 0.0918.